The van der Waals surface area contributed by atoms with Crippen molar-refractivity contribution in [1.82, 2.24) is 20.5 Å². The number of aromatic nitrogens is 1. The lowest BCUT2D eigenvalue weighted by Crippen LogP contribution is -2.42. The number of hydrogen-bond donors (Lipinski definition) is 2. The van der Waals surface area contributed by atoms with Crippen molar-refractivity contribution in [2.45, 2.75) is 46.7 Å². The monoisotopic (exact) mass is 401 g/mol. The van der Waals surface area contributed by atoms with Gasteiger partial charge in [0.05, 0.1) is 18.8 Å². The second kappa shape index (κ2) is 10.4. The van der Waals surface area contributed by atoms with Crippen molar-refractivity contribution in [3.8, 4) is 0 Å². The Morgan fingerprint density at radius 2 is 1.93 bits per heavy atom. The van der Waals surface area contributed by atoms with Gasteiger partial charge in [0.1, 0.15) is 11.6 Å². The van der Waals surface area contributed by atoms with Crippen LogP contribution in [0.5, 0.6) is 0 Å². The van der Waals surface area contributed by atoms with Crippen LogP contribution in [0.1, 0.15) is 42.7 Å². The van der Waals surface area contributed by atoms with Crippen molar-refractivity contribution < 1.29 is 8.81 Å². The molecule has 0 bridgehead atoms. The summed E-state index contributed by atoms with van der Waals surface area (Å²) in [5, 5.41) is 6.75. The number of rotatable bonds is 7. The van der Waals surface area contributed by atoms with Gasteiger partial charge in [-0.3, -0.25) is 4.90 Å². The molecule has 0 amide bonds. The highest BCUT2D eigenvalue weighted by Gasteiger charge is 2.21. The van der Waals surface area contributed by atoms with Crippen LogP contribution in [0.25, 0.3) is 0 Å². The summed E-state index contributed by atoms with van der Waals surface area (Å²) in [6, 6.07) is 6.49. The normalized spacial score (nSPS) is 16.2. The molecule has 0 saturated carbocycles. The largest absolute Gasteiger partial charge is 0.444 e. The third kappa shape index (κ3) is 6.56. The second-order valence-corrected chi connectivity index (χ2v) is 7.67. The summed E-state index contributed by atoms with van der Waals surface area (Å²) in [7, 11) is 0. The Morgan fingerprint density at radius 3 is 2.55 bits per heavy atom. The number of oxazole rings is 1. The van der Waals surface area contributed by atoms with Crippen LogP contribution in [0.15, 0.2) is 33.7 Å². The predicted molar refractivity (Wildman–Crippen MR) is 113 cm³/mol. The first-order chi connectivity index (χ1) is 14.0. The zero-order valence-electron chi connectivity index (χ0n) is 17.7. The second-order valence-electron chi connectivity index (χ2n) is 7.67. The lowest BCUT2D eigenvalue weighted by atomic mass is 9.97. The standard InChI is InChI=1S/C22H32FN5O/c1-4-24-22(25-13-18-5-7-20(23)8-6-18)26-14-19-9-11-28(12-10-19)15-21-27-16(2)17(3)29-21/h5-8,19H,4,9-15H2,1-3H3,(H2,24,25,26). The minimum Gasteiger partial charge on any atom is -0.444 e. The van der Waals surface area contributed by atoms with E-state index in [0.717, 1.165) is 74.4 Å². The summed E-state index contributed by atoms with van der Waals surface area (Å²) in [6.45, 7) is 11.1. The molecule has 29 heavy (non-hydrogen) atoms. The van der Waals surface area contributed by atoms with Crippen molar-refractivity contribution in [3.05, 3.63) is 53.0 Å². The molecule has 0 unspecified atom stereocenters. The van der Waals surface area contributed by atoms with Gasteiger partial charge in [-0.1, -0.05) is 12.1 Å². The molecule has 0 aliphatic carbocycles. The number of nitrogens with zero attached hydrogens (tertiary/aromatic N) is 3. The molecule has 1 aromatic carbocycles. The van der Waals surface area contributed by atoms with Crippen molar-refractivity contribution in [2.75, 3.05) is 26.2 Å². The van der Waals surface area contributed by atoms with Crippen LogP contribution >= 0.6 is 0 Å². The number of nitrogens with one attached hydrogen (secondary N) is 2. The van der Waals surface area contributed by atoms with Crippen molar-refractivity contribution in [3.63, 3.8) is 0 Å². The van der Waals surface area contributed by atoms with Gasteiger partial charge in [0.15, 0.2) is 5.96 Å². The number of aliphatic imine (C=N–C) groups is 1. The van der Waals surface area contributed by atoms with Crippen LogP contribution < -0.4 is 10.6 Å². The Balaban J connectivity index is 1.43. The maximum absolute atomic E-state index is 13.0. The highest BCUT2D eigenvalue weighted by molar-refractivity contribution is 5.79. The summed E-state index contributed by atoms with van der Waals surface area (Å²) in [5.74, 6) is 2.94. The quantitative estimate of drug-likeness (QED) is 0.550. The van der Waals surface area contributed by atoms with Gasteiger partial charge in [-0.05, 0) is 70.3 Å². The molecule has 158 valence electrons. The number of likely N-dealkylation sites (tertiary alicyclic amines) is 1. The molecule has 7 heteroatoms. The van der Waals surface area contributed by atoms with Crippen LogP contribution in [0.3, 0.4) is 0 Å². The Kier molecular flexibility index (Phi) is 7.63. The van der Waals surface area contributed by atoms with Gasteiger partial charge in [-0.15, -0.1) is 0 Å². The minimum atomic E-state index is -0.220. The summed E-state index contributed by atoms with van der Waals surface area (Å²) in [4.78, 5) is 11.5. The average molecular weight is 402 g/mol. The molecule has 2 heterocycles. The van der Waals surface area contributed by atoms with E-state index in [-0.39, 0.29) is 5.82 Å². The van der Waals surface area contributed by atoms with E-state index >= 15 is 0 Å². The summed E-state index contributed by atoms with van der Waals surface area (Å²) in [6.07, 6.45) is 2.28. The molecule has 2 N–H and O–H groups in total. The molecule has 6 nitrogen and oxygen atoms in total. The first kappa shape index (κ1) is 21.3. The van der Waals surface area contributed by atoms with Crippen LogP contribution in [-0.2, 0) is 13.1 Å². The van der Waals surface area contributed by atoms with Gasteiger partial charge in [-0.25, -0.2) is 14.4 Å². The summed E-state index contributed by atoms with van der Waals surface area (Å²) >= 11 is 0. The molecule has 1 fully saturated rings. The fourth-order valence-corrected chi connectivity index (χ4v) is 3.49. The van der Waals surface area contributed by atoms with Gasteiger partial charge in [0.2, 0.25) is 5.89 Å². The molecular formula is C22H32FN5O. The smallest absolute Gasteiger partial charge is 0.208 e. The molecule has 1 aliphatic rings. The van der Waals surface area contributed by atoms with E-state index in [1.807, 2.05) is 13.8 Å². The third-order valence-corrected chi connectivity index (χ3v) is 5.37. The highest BCUT2D eigenvalue weighted by Crippen LogP contribution is 2.19. The maximum Gasteiger partial charge on any atom is 0.208 e. The van der Waals surface area contributed by atoms with Crippen molar-refractivity contribution in [1.29, 1.82) is 0 Å². The first-order valence-corrected chi connectivity index (χ1v) is 10.5. The first-order valence-electron chi connectivity index (χ1n) is 10.5. The predicted octanol–water partition coefficient (Wildman–Crippen LogP) is 3.40. The molecule has 1 aliphatic heterocycles. The van der Waals surface area contributed by atoms with Gasteiger partial charge in [0, 0.05) is 13.1 Å². The number of hydrogen-bond acceptors (Lipinski definition) is 4. The van der Waals surface area contributed by atoms with Crippen molar-refractivity contribution >= 4 is 5.96 Å². The SMILES string of the molecule is CCNC(=NCc1ccc(F)cc1)NCC1CCN(Cc2nc(C)c(C)o2)CC1. The summed E-state index contributed by atoms with van der Waals surface area (Å²) in [5.41, 5.74) is 1.98. The molecular weight excluding hydrogens is 369 g/mol. The average Bonchev–Trinajstić information content (AvgIpc) is 3.03. The van der Waals surface area contributed by atoms with E-state index < -0.39 is 0 Å². The lowest BCUT2D eigenvalue weighted by molar-refractivity contribution is 0.164. The molecule has 0 spiro atoms. The number of halogens is 1. The Morgan fingerprint density at radius 1 is 1.21 bits per heavy atom. The number of aryl methyl sites for hydroxylation is 2. The van der Waals surface area contributed by atoms with E-state index in [9.17, 15) is 4.39 Å². The molecule has 1 aromatic heterocycles. The fourth-order valence-electron chi connectivity index (χ4n) is 3.49. The van der Waals surface area contributed by atoms with Gasteiger partial charge >= 0.3 is 0 Å². The zero-order valence-corrected chi connectivity index (χ0v) is 17.7. The van der Waals surface area contributed by atoms with Crippen LogP contribution in [-0.4, -0.2) is 42.0 Å². The molecule has 3 rings (SSSR count). The molecule has 0 radical (unpaired) electrons. The third-order valence-electron chi connectivity index (χ3n) is 5.37. The topological polar surface area (TPSA) is 65.7 Å². The number of benzene rings is 1. The maximum atomic E-state index is 13.0. The van der Waals surface area contributed by atoms with Crippen LogP contribution in [0.2, 0.25) is 0 Å². The lowest BCUT2D eigenvalue weighted by Gasteiger charge is -2.31. The zero-order chi connectivity index (χ0) is 20.6. The molecule has 2 aromatic rings. The Bertz CT molecular complexity index is 775. The number of guanidine groups is 1. The van der Waals surface area contributed by atoms with E-state index in [2.05, 4.69) is 32.4 Å². The van der Waals surface area contributed by atoms with Gasteiger partial charge in [-0.2, -0.15) is 0 Å². The van der Waals surface area contributed by atoms with E-state index in [0.29, 0.717) is 12.5 Å². The minimum absolute atomic E-state index is 0.220. The van der Waals surface area contributed by atoms with Crippen molar-refractivity contribution in [2.24, 2.45) is 10.9 Å². The summed E-state index contributed by atoms with van der Waals surface area (Å²) < 4.78 is 18.7. The van der Waals surface area contributed by atoms with E-state index in [4.69, 9.17) is 4.42 Å². The highest BCUT2D eigenvalue weighted by atomic mass is 19.1. The van der Waals surface area contributed by atoms with E-state index in [1.165, 1.54) is 12.1 Å². The van der Waals surface area contributed by atoms with Crippen LogP contribution in [0, 0.1) is 25.6 Å². The molecule has 0 atom stereocenters. The Hall–Kier alpha value is -2.41. The van der Waals surface area contributed by atoms with E-state index in [1.54, 1.807) is 12.1 Å². The van der Waals surface area contributed by atoms with Crippen LogP contribution in [0.4, 0.5) is 4.39 Å². The van der Waals surface area contributed by atoms with Gasteiger partial charge < -0.3 is 15.1 Å². The fraction of sp³-hybridized carbons (Fsp3) is 0.545. The van der Waals surface area contributed by atoms with Gasteiger partial charge in [0.25, 0.3) is 0 Å². The number of piperidine rings is 1. The Labute approximate surface area is 172 Å². The molecule has 1 saturated heterocycles.